The van der Waals surface area contributed by atoms with E-state index in [4.69, 9.17) is 5.26 Å². The Morgan fingerprint density at radius 3 is 2.80 bits per heavy atom. The quantitative estimate of drug-likeness (QED) is 0.905. The van der Waals surface area contributed by atoms with Gasteiger partial charge in [-0.25, -0.2) is 4.39 Å². The van der Waals surface area contributed by atoms with Gasteiger partial charge in [0.2, 0.25) is 0 Å². The molecule has 0 saturated heterocycles. The van der Waals surface area contributed by atoms with E-state index in [0.29, 0.717) is 6.54 Å². The Balaban J connectivity index is 2.04. The fourth-order valence-corrected chi connectivity index (χ4v) is 2.35. The van der Waals surface area contributed by atoms with Crippen LogP contribution in [0.4, 0.5) is 4.39 Å². The van der Waals surface area contributed by atoms with Gasteiger partial charge in [0.25, 0.3) is 0 Å². The second-order valence-electron chi connectivity index (χ2n) is 4.58. The zero-order chi connectivity index (χ0) is 14.5. The highest BCUT2D eigenvalue weighted by atomic mass is 79.9. The smallest absolute Gasteiger partial charge is 0.140 e. The molecule has 1 N–H and O–H groups in total. The Morgan fingerprint density at radius 2 is 2.10 bits per heavy atom. The van der Waals surface area contributed by atoms with Crippen molar-refractivity contribution >= 4 is 15.9 Å². The Hall–Kier alpha value is -1.70. The van der Waals surface area contributed by atoms with Crippen LogP contribution < -0.4 is 5.32 Å². The van der Waals surface area contributed by atoms with Crippen LogP contribution in [0.5, 0.6) is 0 Å². The highest BCUT2D eigenvalue weighted by Crippen LogP contribution is 2.18. The predicted octanol–water partition coefficient (Wildman–Crippen LogP) is 4.31. The first-order valence-electron chi connectivity index (χ1n) is 6.27. The second kappa shape index (κ2) is 6.65. The maximum absolute atomic E-state index is 13.2. The Bertz CT molecular complexity index is 649. The molecule has 1 unspecified atom stereocenters. The zero-order valence-corrected chi connectivity index (χ0v) is 12.6. The van der Waals surface area contributed by atoms with Gasteiger partial charge in [-0.3, -0.25) is 0 Å². The van der Waals surface area contributed by atoms with Crippen molar-refractivity contribution in [1.82, 2.24) is 5.32 Å². The van der Waals surface area contributed by atoms with Gasteiger partial charge < -0.3 is 5.32 Å². The number of nitrogens with zero attached hydrogens (tertiary/aromatic N) is 1. The number of rotatable bonds is 4. The molecule has 1 atom stereocenters. The van der Waals surface area contributed by atoms with Crippen LogP contribution in [0.2, 0.25) is 0 Å². The van der Waals surface area contributed by atoms with E-state index in [1.165, 1.54) is 11.6 Å². The fraction of sp³-hybridized carbons (Fsp3) is 0.188. The van der Waals surface area contributed by atoms with Crippen LogP contribution in [0.25, 0.3) is 0 Å². The van der Waals surface area contributed by atoms with Crippen molar-refractivity contribution in [3.05, 3.63) is 69.4 Å². The molecule has 0 heterocycles. The normalized spacial score (nSPS) is 11.9. The molecule has 0 aliphatic heterocycles. The summed E-state index contributed by atoms with van der Waals surface area (Å²) in [5.74, 6) is -0.476. The standard InChI is InChI=1S/C16H14BrFN2/c1-11(13-3-2-4-15(17)8-13)20-10-12-5-6-16(18)14(7-12)9-19/h2-8,11,20H,10H2,1H3. The summed E-state index contributed by atoms with van der Waals surface area (Å²) in [4.78, 5) is 0. The van der Waals surface area contributed by atoms with Crippen molar-refractivity contribution in [2.45, 2.75) is 19.5 Å². The molecule has 2 nitrogen and oxygen atoms in total. The highest BCUT2D eigenvalue weighted by Gasteiger charge is 2.07. The summed E-state index contributed by atoms with van der Waals surface area (Å²) in [6, 6.07) is 14.7. The maximum atomic E-state index is 13.2. The van der Waals surface area contributed by atoms with Crippen LogP contribution in [0.3, 0.4) is 0 Å². The minimum atomic E-state index is -0.476. The number of nitriles is 1. The SMILES string of the molecule is CC(NCc1ccc(F)c(C#N)c1)c1cccc(Br)c1. The van der Waals surface area contributed by atoms with Gasteiger partial charge in [0, 0.05) is 17.1 Å². The molecular weight excluding hydrogens is 319 g/mol. The first-order chi connectivity index (χ1) is 9.60. The lowest BCUT2D eigenvalue weighted by molar-refractivity contribution is 0.572. The van der Waals surface area contributed by atoms with E-state index in [0.717, 1.165) is 10.0 Å². The molecule has 0 aliphatic rings. The highest BCUT2D eigenvalue weighted by molar-refractivity contribution is 9.10. The minimum Gasteiger partial charge on any atom is -0.306 e. The molecule has 20 heavy (non-hydrogen) atoms. The van der Waals surface area contributed by atoms with Crippen LogP contribution >= 0.6 is 15.9 Å². The van der Waals surface area contributed by atoms with Gasteiger partial charge in [-0.15, -0.1) is 0 Å². The van der Waals surface area contributed by atoms with Gasteiger partial charge >= 0.3 is 0 Å². The lowest BCUT2D eigenvalue weighted by Gasteiger charge is -2.15. The third-order valence-electron chi connectivity index (χ3n) is 3.11. The minimum absolute atomic E-state index is 0.0828. The van der Waals surface area contributed by atoms with E-state index in [1.54, 1.807) is 12.1 Å². The van der Waals surface area contributed by atoms with Crippen molar-refractivity contribution in [2.75, 3.05) is 0 Å². The summed E-state index contributed by atoms with van der Waals surface area (Å²) >= 11 is 3.45. The van der Waals surface area contributed by atoms with Crippen molar-refractivity contribution in [3.63, 3.8) is 0 Å². The number of nitrogens with one attached hydrogen (secondary N) is 1. The summed E-state index contributed by atoms with van der Waals surface area (Å²) in [6.07, 6.45) is 0. The van der Waals surface area contributed by atoms with Gasteiger partial charge in [0.1, 0.15) is 11.9 Å². The Kier molecular flexibility index (Phi) is 4.89. The van der Waals surface area contributed by atoms with Crippen LogP contribution in [0.1, 0.15) is 29.7 Å². The van der Waals surface area contributed by atoms with Crippen LogP contribution in [-0.4, -0.2) is 0 Å². The van der Waals surface area contributed by atoms with Crippen molar-refractivity contribution in [3.8, 4) is 6.07 Å². The van der Waals surface area contributed by atoms with Crippen LogP contribution in [0.15, 0.2) is 46.9 Å². The third-order valence-corrected chi connectivity index (χ3v) is 3.61. The topological polar surface area (TPSA) is 35.8 Å². The number of hydrogen-bond acceptors (Lipinski definition) is 2. The molecule has 102 valence electrons. The van der Waals surface area contributed by atoms with E-state index >= 15 is 0 Å². The first kappa shape index (κ1) is 14.7. The number of halogens is 2. The monoisotopic (exact) mass is 332 g/mol. The molecule has 0 fully saturated rings. The van der Waals surface area contributed by atoms with Crippen LogP contribution in [-0.2, 0) is 6.54 Å². The van der Waals surface area contributed by atoms with Crippen LogP contribution in [0, 0.1) is 17.1 Å². The van der Waals surface area contributed by atoms with Gasteiger partial charge in [0.15, 0.2) is 0 Å². The molecule has 0 aliphatic carbocycles. The molecule has 2 aromatic carbocycles. The van der Waals surface area contributed by atoms with Gasteiger partial charge in [-0.1, -0.05) is 34.1 Å². The molecule has 0 spiro atoms. The van der Waals surface area contributed by atoms with E-state index in [1.807, 2.05) is 24.3 Å². The summed E-state index contributed by atoms with van der Waals surface area (Å²) in [5.41, 5.74) is 2.14. The maximum Gasteiger partial charge on any atom is 0.140 e. The average molecular weight is 333 g/mol. The fourth-order valence-electron chi connectivity index (χ4n) is 1.93. The van der Waals surface area contributed by atoms with Gasteiger partial charge in [0.05, 0.1) is 5.56 Å². The number of hydrogen-bond donors (Lipinski definition) is 1. The summed E-state index contributed by atoms with van der Waals surface area (Å²) in [5, 5.41) is 12.2. The second-order valence-corrected chi connectivity index (χ2v) is 5.50. The lowest BCUT2D eigenvalue weighted by Crippen LogP contribution is -2.18. The molecule has 0 bridgehead atoms. The van der Waals surface area contributed by atoms with Crippen molar-refractivity contribution in [1.29, 1.82) is 5.26 Å². The molecular formula is C16H14BrFN2. The van der Waals surface area contributed by atoms with E-state index in [2.05, 4.69) is 34.2 Å². The number of benzene rings is 2. The van der Waals surface area contributed by atoms with E-state index in [9.17, 15) is 4.39 Å². The van der Waals surface area contributed by atoms with E-state index in [-0.39, 0.29) is 11.6 Å². The van der Waals surface area contributed by atoms with Crippen molar-refractivity contribution < 1.29 is 4.39 Å². The predicted molar refractivity (Wildman–Crippen MR) is 80.5 cm³/mol. The summed E-state index contributed by atoms with van der Waals surface area (Å²) in [7, 11) is 0. The molecule has 4 heteroatoms. The molecule has 0 radical (unpaired) electrons. The summed E-state index contributed by atoms with van der Waals surface area (Å²) in [6.45, 7) is 2.65. The molecule has 0 saturated carbocycles. The third kappa shape index (κ3) is 3.66. The Morgan fingerprint density at radius 1 is 1.30 bits per heavy atom. The molecule has 0 aromatic heterocycles. The van der Waals surface area contributed by atoms with Gasteiger partial charge in [-0.05, 0) is 42.3 Å². The lowest BCUT2D eigenvalue weighted by atomic mass is 10.1. The molecule has 0 amide bonds. The van der Waals surface area contributed by atoms with Crippen molar-refractivity contribution in [2.24, 2.45) is 0 Å². The largest absolute Gasteiger partial charge is 0.306 e. The first-order valence-corrected chi connectivity index (χ1v) is 7.07. The zero-order valence-electron chi connectivity index (χ0n) is 11.0. The Labute approximate surface area is 126 Å². The summed E-state index contributed by atoms with van der Waals surface area (Å²) < 4.78 is 14.3. The van der Waals surface area contributed by atoms with Gasteiger partial charge in [-0.2, -0.15) is 5.26 Å². The molecule has 2 aromatic rings. The van der Waals surface area contributed by atoms with E-state index < -0.39 is 5.82 Å². The molecule has 2 rings (SSSR count). The average Bonchev–Trinajstić information content (AvgIpc) is 2.46.